The molecule has 1 unspecified atom stereocenters. The van der Waals surface area contributed by atoms with E-state index in [0.717, 1.165) is 36.6 Å². The van der Waals surface area contributed by atoms with Crippen LogP contribution in [-0.2, 0) is 6.54 Å². The molecule has 0 bridgehead atoms. The Morgan fingerprint density at radius 3 is 3.05 bits per heavy atom. The molecule has 3 nitrogen and oxygen atoms in total. The molecule has 2 heterocycles. The highest BCUT2D eigenvalue weighted by Gasteiger charge is 2.24. The van der Waals surface area contributed by atoms with Crippen molar-refractivity contribution in [1.29, 1.82) is 0 Å². The first-order chi connectivity index (χ1) is 9.65. The van der Waals surface area contributed by atoms with Crippen molar-refractivity contribution in [2.75, 3.05) is 6.54 Å². The summed E-state index contributed by atoms with van der Waals surface area (Å²) >= 11 is 12.2. The van der Waals surface area contributed by atoms with E-state index >= 15 is 0 Å². The van der Waals surface area contributed by atoms with E-state index in [0.29, 0.717) is 15.8 Å². The Kier molecular flexibility index (Phi) is 3.92. The second-order valence-corrected chi connectivity index (χ2v) is 5.64. The Bertz CT molecular complexity index is 624. The van der Waals surface area contributed by atoms with Crippen molar-refractivity contribution in [3.8, 4) is 5.75 Å². The standard InChI is InChI=1S/C15H15Cl2NO2/c1-9-7-10-12(5-6-18-8-14(10)19-9)20-13-4-2-3-11(16)15(13)17/h2-4,7,12,18H,5-6,8H2,1H3. The number of halogens is 2. The molecule has 1 aromatic heterocycles. The molecule has 1 N–H and O–H groups in total. The van der Waals surface area contributed by atoms with Crippen LogP contribution in [0.15, 0.2) is 28.7 Å². The van der Waals surface area contributed by atoms with Crippen molar-refractivity contribution in [1.82, 2.24) is 5.32 Å². The number of nitrogens with one attached hydrogen (secondary N) is 1. The number of fused-ring (bicyclic) bond motifs is 1. The molecule has 1 aromatic carbocycles. The number of ether oxygens (including phenoxy) is 1. The molecule has 0 radical (unpaired) electrons. The first-order valence-corrected chi connectivity index (χ1v) is 7.31. The summed E-state index contributed by atoms with van der Waals surface area (Å²) in [7, 11) is 0. The van der Waals surface area contributed by atoms with Crippen molar-refractivity contribution in [2.24, 2.45) is 0 Å². The molecule has 0 fully saturated rings. The summed E-state index contributed by atoms with van der Waals surface area (Å²) in [5, 5.41) is 4.28. The van der Waals surface area contributed by atoms with Crippen LogP contribution in [0.1, 0.15) is 29.6 Å². The summed E-state index contributed by atoms with van der Waals surface area (Å²) in [6, 6.07) is 7.45. The van der Waals surface area contributed by atoms with Crippen LogP contribution in [0.25, 0.3) is 0 Å². The Labute approximate surface area is 127 Å². The summed E-state index contributed by atoms with van der Waals surface area (Å²) in [4.78, 5) is 0. The van der Waals surface area contributed by atoms with E-state index in [2.05, 4.69) is 5.32 Å². The normalized spacial score (nSPS) is 18.4. The molecule has 3 rings (SSSR count). The van der Waals surface area contributed by atoms with E-state index in [9.17, 15) is 0 Å². The molecule has 20 heavy (non-hydrogen) atoms. The largest absolute Gasteiger partial charge is 0.484 e. The molecule has 1 aliphatic heterocycles. The maximum Gasteiger partial charge on any atom is 0.140 e. The highest BCUT2D eigenvalue weighted by Crippen LogP contribution is 2.37. The lowest BCUT2D eigenvalue weighted by Gasteiger charge is -2.18. The fraction of sp³-hybridized carbons (Fsp3) is 0.333. The molecule has 106 valence electrons. The molecule has 5 heteroatoms. The van der Waals surface area contributed by atoms with Gasteiger partial charge in [0, 0.05) is 12.0 Å². The maximum atomic E-state index is 6.19. The monoisotopic (exact) mass is 311 g/mol. The minimum atomic E-state index is -0.0755. The van der Waals surface area contributed by atoms with Crippen LogP contribution in [0.2, 0.25) is 10.0 Å². The van der Waals surface area contributed by atoms with Crippen molar-refractivity contribution >= 4 is 23.2 Å². The Morgan fingerprint density at radius 1 is 1.35 bits per heavy atom. The van der Waals surface area contributed by atoms with E-state index in [1.54, 1.807) is 6.07 Å². The second kappa shape index (κ2) is 5.68. The first-order valence-electron chi connectivity index (χ1n) is 6.55. The number of rotatable bonds is 2. The van der Waals surface area contributed by atoms with Crippen LogP contribution in [0.3, 0.4) is 0 Å². The van der Waals surface area contributed by atoms with Crippen molar-refractivity contribution in [3.63, 3.8) is 0 Å². The van der Waals surface area contributed by atoms with E-state index in [-0.39, 0.29) is 6.10 Å². The van der Waals surface area contributed by atoms with Gasteiger partial charge in [0.15, 0.2) is 0 Å². The lowest BCUT2D eigenvalue weighted by Crippen LogP contribution is -2.14. The summed E-state index contributed by atoms with van der Waals surface area (Å²) in [6.07, 6.45) is 0.780. The van der Waals surface area contributed by atoms with Gasteiger partial charge in [-0.3, -0.25) is 0 Å². The number of aryl methyl sites for hydroxylation is 1. The Balaban J connectivity index is 1.92. The summed E-state index contributed by atoms with van der Waals surface area (Å²) in [6.45, 7) is 3.54. The van der Waals surface area contributed by atoms with Crippen molar-refractivity contribution < 1.29 is 9.15 Å². The third-order valence-electron chi connectivity index (χ3n) is 3.37. The summed E-state index contributed by atoms with van der Waals surface area (Å²) in [5.41, 5.74) is 1.09. The van der Waals surface area contributed by atoms with Crippen LogP contribution in [-0.4, -0.2) is 6.54 Å². The van der Waals surface area contributed by atoms with Gasteiger partial charge >= 0.3 is 0 Å². The van der Waals surface area contributed by atoms with Crippen molar-refractivity contribution in [2.45, 2.75) is 26.0 Å². The van der Waals surface area contributed by atoms with Gasteiger partial charge in [0.2, 0.25) is 0 Å². The molecule has 0 amide bonds. The summed E-state index contributed by atoms with van der Waals surface area (Å²) < 4.78 is 11.8. The molecule has 0 aliphatic carbocycles. The zero-order valence-corrected chi connectivity index (χ0v) is 12.6. The predicted molar refractivity (Wildman–Crippen MR) is 79.6 cm³/mol. The molecule has 0 saturated carbocycles. The third kappa shape index (κ3) is 2.66. The van der Waals surface area contributed by atoms with E-state index < -0.39 is 0 Å². The van der Waals surface area contributed by atoms with Gasteiger partial charge in [-0.25, -0.2) is 0 Å². The average Bonchev–Trinajstić information content (AvgIpc) is 2.70. The third-order valence-corrected chi connectivity index (χ3v) is 4.17. The average molecular weight is 312 g/mol. The molecule has 0 spiro atoms. The van der Waals surface area contributed by atoms with Crippen LogP contribution >= 0.6 is 23.2 Å². The molecular weight excluding hydrogens is 297 g/mol. The molecule has 0 saturated heterocycles. The van der Waals surface area contributed by atoms with E-state index in [4.69, 9.17) is 32.4 Å². The van der Waals surface area contributed by atoms with Gasteiger partial charge in [-0.05, 0) is 31.7 Å². The van der Waals surface area contributed by atoms with E-state index in [1.165, 1.54) is 0 Å². The lowest BCUT2D eigenvalue weighted by atomic mass is 10.1. The molecule has 1 aliphatic rings. The number of benzene rings is 1. The molecular formula is C15H15Cl2NO2. The first kappa shape index (κ1) is 13.8. The number of furan rings is 1. The molecule has 1 atom stereocenters. The van der Waals surface area contributed by atoms with Crippen molar-refractivity contribution in [3.05, 3.63) is 51.4 Å². The highest BCUT2D eigenvalue weighted by atomic mass is 35.5. The maximum absolute atomic E-state index is 6.19. The minimum Gasteiger partial charge on any atom is -0.484 e. The zero-order valence-electron chi connectivity index (χ0n) is 11.1. The van der Waals surface area contributed by atoms with Gasteiger partial charge in [-0.15, -0.1) is 0 Å². The number of hydrogen-bond acceptors (Lipinski definition) is 3. The van der Waals surface area contributed by atoms with Gasteiger partial charge in [0.25, 0.3) is 0 Å². The quantitative estimate of drug-likeness (QED) is 0.886. The molecule has 2 aromatic rings. The van der Waals surface area contributed by atoms with Gasteiger partial charge in [-0.2, -0.15) is 0 Å². The van der Waals surface area contributed by atoms with Gasteiger partial charge < -0.3 is 14.5 Å². The van der Waals surface area contributed by atoms with Gasteiger partial charge in [-0.1, -0.05) is 29.3 Å². The van der Waals surface area contributed by atoms with Crippen LogP contribution in [0, 0.1) is 6.92 Å². The zero-order chi connectivity index (χ0) is 14.1. The van der Waals surface area contributed by atoms with Crippen LogP contribution in [0.4, 0.5) is 0 Å². The highest BCUT2D eigenvalue weighted by molar-refractivity contribution is 6.42. The smallest absolute Gasteiger partial charge is 0.140 e. The summed E-state index contributed by atoms with van der Waals surface area (Å²) in [5.74, 6) is 2.43. The Hall–Kier alpha value is -1.16. The predicted octanol–water partition coefficient (Wildman–Crippen LogP) is 4.51. The fourth-order valence-electron chi connectivity index (χ4n) is 2.43. The SMILES string of the molecule is Cc1cc2c(o1)CNCCC2Oc1cccc(Cl)c1Cl. The topological polar surface area (TPSA) is 34.4 Å². The van der Waals surface area contributed by atoms with Crippen LogP contribution in [0.5, 0.6) is 5.75 Å². The Morgan fingerprint density at radius 2 is 2.20 bits per heavy atom. The number of hydrogen-bond donors (Lipinski definition) is 1. The van der Waals surface area contributed by atoms with Gasteiger partial charge in [0.1, 0.15) is 28.4 Å². The van der Waals surface area contributed by atoms with Crippen LogP contribution < -0.4 is 10.1 Å². The minimum absolute atomic E-state index is 0.0755. The fourth-order valence-corrected chi connectivity index (χ4v) is 2.77. The lowest BCUT2D eigenvalue weighted by molar-refractivity contribution is 0.197. The van der Waals surface area contributed by atoms with E-state index in [1.807, 2.05) is 25.1 Å². The van der Waals surface area contributed by atoms with Gasteiger partial charge in [0.05, 0.1) is 11.6 Å². The second-order valence-electron chi connectivity index (χ2n) is 4.86.